The Labute approximate surface area is 151 Å². The number of hydrogen-bond donors (Lipinski definition) is 2. The van der Waals surface area contributed by atoms with Crippen LogP contribution in [0.1, 0.15) is 42.2 Å². The fourth-order valence-corrected chi connectivity index (χ4v) is 2.50. The number of nitrogens with one attached hydrogen (secondary N) is 1. The van der Waals surface area contributed by atoms with E-state index in [1.54, 1.807) is 6.92 Å². The van der Waals surface area contributed by atoms with E-state index >= 15 is 0 Å². The molecule has 10 heteroatoms. The van der Waals surface area contributed by atoms with Crippen LogP contribution in [0.2, 0.25) is 0 Å². The van der Waals surface area contributed by atoms with Gasteiger partial charge in [-0.15, -0.1) is 0 Å². The number of halogens is 4. The van der Waals surface area contributed by atoms with E-state index in [0.717, 1.165) is 12.1 Å². The molecule has 27 heavy (non-hydrogen) atoms. The summed E-state index contributed by atoms with van der Waals surface area (Å²) in [6.07, 6.45) is -3.19. The highest BCUT2D eigenvalue weighted by atomic mass is 19.4. The van der Waals surface area contributed by atoms with E-state index < -0.39 is 46.9 Å². The summed E-state index contributed by atoms with van der Waals surface area (Å²) < 4.78 is 54.8. The SMILES string of the molecule is CCCCC(NC(=O)c1cnn(-c2ccccc2F)c1C(F)(F)F)C(=O)O. The minimum Gasteiger partial charge on any atom is -0.480 e. The molecule has 1 unspecified atom stereocenters. The number of carbonyl (C=O) groups excluding carboxylic acids is 1. The van der Waals surface area contributed by atoms with Crippen LogP contribution in [-0.2, 0) is 11.0 Å². The molecule has 1 aromatic carbocycles. The number of carboxylic acid groups (broad SMARTS) is 1. The van der Waals surface area contributed by atoms with Gasteiger partial charge in [0.1, 0.15) is 17.5 Å². The number of para-hydroxylation sites is 1. The summed E-state index contributed by atoms with van der Waals surface area (Å²) in [6, 6.07) is 3.33. The molecule has 0 saturated carbocycles. The summed E-state index contributed by atoms with van der Waals surface area (Å²) >= 11 is 0. The van der Waals surface area contributed by atoms with Gasteiger partial charge < -0.3 is 10.4 Å². The molecule has 2 aromatic rings. The minimum atomic E-state index is -5.02. The quantitative estimate of drug-likeness (QED) is 0.714. The lowest BCUT2D eigenvalue weighted by Gasteiger charge is -2.16. The second kappa shape index (κ2) is 8.19. The molecule has 1 aromatic heterocycles. The second-order valence-corrected chi connectivity index (χ2v) is 5.77. The summed E-state index contributed by atoms with van der Waals surface area (Å²) in [7, 11) is 0. The first-order valence-electron chi connectivity index (χ1n) is 8.10. The van der Waals surface area contributed by atoms with Crippen LogP contribution in [0, 0.1) is 5.82 Å². The average Bonchev–Trinajstić information content (AvgIpc) is 3.04. The molecule has 6 nitrogen and oxygen atoms in total. The fourth-order valence-electron chi connectivity index (χ4n) is 2.50. The molecule has 146 valence electrons. The topological polar surface area (TPSA) is 84.2 Å². The van der Waals surface area contributed by atoms with Crippen molar-refractivity contribution >= 4 is 11.9 Å². The molecule has 2 N–H and O–H groups in total. The number of amides is 1. The van der Waals surface area contributed by atoms with Crippen molar-refractivity contribution in [2.75, 3.05) is 0 Å². The first-order chi connectivity index (χ1) is 12.7. The summed E-state index contributed by atoms with van der Waals surface area (Å²) in [5.74, 6) is -3.55. The molecule has 0 saturated heterocycles. The molecule has 0 radical (unpaired) electrons. The largest absolute Gasteiger partial charge is 0.480 e. The number of unbranched alkanes of at least 4 members (excludes halogenated alkanes) is 1. The molecule has 0 spiro atoms. The second-order valence-electron chi connectivity index (χ2n) is 5.77. The third-order valence-electron chi connectivity index (χ3n) is 3.81. The van der Waals surface area contributed by atoms with Crippen LogP contribution in [-0.4, -0.2) is 32.8 Å². The van der Waals surface area contributed by atoms with Crippen LogP contribution in [0.25, 0.3) is 5.69 Å². The number of nitrogens with zero attached hydrogens (tertiary/aromatic N) is 2. The van der Waals surface area contributed by atoms with Crippen LogP contribution in [0.3, 0.4) is 0 Å². The van der Waals surface area contributed by atoms with Crippen molar-refractivity contribution in [3.63, 3.8) is 0 Å². The van der Waals surface area contributed by atoms with Crippen LogP contribution in [0.5, 0.6) is 0 Å². The van der Waals surface area contributed by atoms with Gasteiger partial charge in [-0.2, -0.15) is 18.3 Å². The van der Waals surface area contributed by atoms with Crippen molar-refractivity contribution < 1.29 is 32.3 Å². The maximum absolute atomic E-state index is 13.9. The number of alkyl halides is 3. The van der Waals surface area contributed by atoms with Crippen molar-refractivity contribution in [1.29, 1.82) is 0 Å². The molecule has 1 amide bonds. The Bertz CT molecular complexity index is 833. The Morgan fingerprint density at radius 3 is 2.52 bits per heavy atom. The summed E-state index contributed by atoms with van der Waals surface area (Å²) in [5, 5.41) is 14.7. The Hall–Kier alpha value is -2.91. The lowest BCUT2D eigenvalue weighted by Crippen LogP contribution is -2.41. The van der Waals surface area contributed by atoms with Crippen molar-refractivity contribution in [2.24, 2.45) is 0 Å². The molecule has 1 atom stereocenters. The first-order valence-corrected chi connectivity index (χ1v) is 8.10. The van der Waals surface area contributed by atoms with E-state index in [1.165, 1.54) is 12.1 Å². The summed E-state index contributed by atoms with van der Waals surface area (Å²) in [4.78, 5) is 23.5. The van der Waals surface area contributed by atoms with Crippen molar-refractivity contribution in [3.05, 3.63) is 47.5 Å². The third-order valence-corrected chi connectivity index (χ3v) is 3.81. The van der Waals surface area contributed by atoms with Gasteiger partial charge in [0.05, 0.1) is 11.8 Å². The fraction of sp³-hybridized carbons (Fsp3) is 0.353. The van der Waals surface area contributed by atoms with E-state index in [-0.39, 0.29) is 11.1 Å². The predicted molar refractivity (Wildman–Crippen MR) is 86.9 cm³/mol. The molecule has 0 fully saturated rings. The van der Waals surface area contributed by atoms with Gasteiger partial charge in [-0.3, -0.25) is 4.79 Å². The molecule has 0 aliphatic carbocycles. The van der Waals surface area contributed by atoms with Crippen molar-refractivity contribution in [1.82, 2.24) is 15.1 Å². The third kappa shape index (κ3) is 4.63. The highest BCUT2D eigenvalue weighted by Gasteiger charge is 2.41. The smallest absolute Gasteiger partial charge is 0.434 e. The zero-order valence-electron chi connectivity index (χ0n) is 14.3. The van der Waals surface area contributed by atoms with Crippen molar-refractivity contribution in [2.45, 2.75) is 38.4 Å². The number of aromatic nitrogens is 2. The van der Waals surface area contributed by atoms with Gasteiger partial charge >= 0.3 is 12.1 Å². The van der Waals surface area contributed by atoms with Gasteiger partial charge in [0.25, 0.3) is 5.91 Å². The number of benzene rings is 1. The van der Waals surface area contributed by atoms with Crippen molar-refractivity contribution in [3.8, 4) is 5.69 Å². The lowest BCUT2D eigenvalue weighted by atomic mass is 10.1. The van der Waals surface area contributed by atoms with E-state index in [1.807, 2.05) is 0 Å². The van der Waals surface area contributed by atoms with E-state index in [4.69, 9.17) is 5.11 Å². The minimum absolute atomic E-state index is 0.0698. The Morgan fingerprint density at radius 2 is 1.96 bits per heavy atom. The highest BCUT2D eigenvalue weighted by Crippen LogP contribution is 2.34. The molecule has 0 aliphatic heterocycles. The maximum atomic E-state index is 13.9. The van der Waals surface area contributed by atoms with E-state index in [9.17, 15) is 27.2 Å². The predicted octanol–water partition coefficient (Wildman–Crippen LogP) is 3.40. The standard InChI is InChI=1S/C17H17F4N3O3/c1-2-3-7-12(16(26)27)23-15(25)10-9-22-24(14(10)17(19,20)21)13-8-5-4-6-11(13)18/h4-6,8-9,12H,2-3,7H2,1H3,(H,23,25)(H,26,27). The molecule has 0 bridgehead atoms. The normalized spacial score (nSPS) is 12.6. The Kier molecular flexibility index (Phi) is 6.19. The number of aliphatic carboxylic acids is 1. The van der Waals surface area contributed by atoms with Crippen LogP contribution in [0.4, 0.5) is 17.6 Å². The van der Waals surface area contributed by atoms with E-state index in [0.29, 0.717) is 19.0 Å². The number of carboxylic acids is 1. The van der Waals surface area contributed by atoms with Gasteiger partial charge in [0.15, 0.2) is 5.69 Å². The van der Waals surface area contributed by atoms with Crippen LogP contribution < -0.4 is 5.32 Å². The van der Waals surface area contributed by atoms with E-state index in [2.05, 4.69) is 10.4 Å². The zero-order chi connectivity index (χ0) is 20.2. The first kappa shape index (κ1) is 20.4. The summed E-state index contributed by atoms with van der Waals surface area (Å²) in [5.41, 5.74) is -2.84. The Balaban J connectivity index is 2.44. The zero-order valence-corrected chi connectivity index (χ0v) is 14.3. The van der Waals surface area contributed by atoms with Gasteiger partial charge in [0, 0.05) is 0 Å². The Morgan fingerprint density at radius 1 is 1.30 bits per heavy atom. The number of carbonyl (C=O) groups is 2. The van der Waals surface area contributed by atoms with Crippen LogP contribution >= 0.6 is 0 Å². The van der Waals surface area contributed by atoms with Gasteiger partial charge in [0.2, 0.25) is 0 Å². The highest BCUT2D eigenvalue weighted by molar-refractivity contribution is 5.97. The molecular weight excluding hydrogens is 370 g/mol. The lowest BCUT2D eigenvalue weighted by molar-refractivity contribution is -0.143. The molecule has 1 heterocycles. The molecule has 0 aliphatic rings. The van der Waals surface area contributed by atoms with Gasteiger partial charge in [-0.1, -0.05) is 31.9 Å². The monoisotopic (exact) mass is 387 g/mol. The van der Waals surface area contributed by atoms with Gasteiger partial charge in [-0.05, 0) is 18.6 Å². The average molecular weight is 387 g/mol. The number of rotatable bonds is 7. The van der Waals surface area contributed by atoms with Crippen LogP contribution in [0.15, 0.2) is 30.5 Å². The number of hydrogen-bond acceptors (Lipinski definition) is 3. The molecular formula is C17H17F4N3O3. The maximum Gasteiger partial charge on any atom is 0.434 e. The summed E-state index contributed by atoms with van der Waals surface area (Å²) in [6.45, 7) is 1.81. The molecule has 2 rings (SSSR count). The van der Waals surface area contributed by atoms with Gasteiger partial charge in [-0.25, -0.2) is 13.9 Å².